The predicted molar refractivity (Wildman–Crippen MR) is 103 cm³/mol. The van der Waals surface area contributed by atoms with E-state index in [1.165, 1.54) is 52.5 Å². The second kappa shape index (κ2) is 8.21. The Morgan fingerprint density at radius 2 is 1.78 bits per heavy atom. The van der Waals surface area contributed by atoms with Crippen LogP contribution in [0.5, 0.6) is 0 Å². The monoisotopic (exact) mass is 432 g/mol. The normalized spacial score (nSPS) is 11.3. The topological polar surface area (TPSA) is 109 Å². The van der Waals surface area contributed by atoms with Gasteiger partial charge in [0.2, 0.25) is 0 Å². The highest BCUT2D eigenvalue weighted by molar-refractivity contribution is 7.91. The number of urea groups is 1. The van der Waals surface area contributed by atoms with Gasteiger partial charge in [-0.1, -0.05) is 22.9 Å². The summed E-state index contributed by atoms with van der Waals surface area (Å²) < 4.78 is 29.9. The minimum atomic E-state index is -3.77. The van der Waals surface area contributed by atoms with Crippen LogP contribution in [0.3, 0.4) is 0 Å². The highest BCUT2D eigenvalue weighted by Gasteiger charge is 2.27. The standard InChI is InChI=1S/C15H17ClN4O5S2/c1-19(2)27(23,24)13-11(16)18-15(26-13)20(3)14(22)17-10-7-5-9(6-8-10)12(21)25-4/h5-8H,1-4H3,(H,17,22). The van der Waals surface area contributed by atoms with Crippen LogP contribution < -0.4 is 10.2 Å². The van der Waals surface area contributed by atoms with E-state index in [1.54, 1.807) is 0 Å². The second-order valence-electron chi connectivity index (χ2n) is 5.42. The molecule has 9 nitrogen and oxygen atoms in total. The van der Waals surface area contributed by atoms with Gasteiger partial charge in [-0.2, -0.15) is 0 Å². The van der Waals surface area contributed by atoms with Crippen molar-refractivity contribution in [1.82, 2.24) is 9.29 Å². The lowest BCUT2D eigenvalue weighted by Gasteiger charge is -2.15. The van der Waals surface area contributed by atoms with Crippen LogP contribution in [0.15, 0.2) is 28.5 Å². The van der Waals surface area contributed by atoms with Crippen molar-refractivity contribution in [2.24, 2.45) is 0 Å². The Labute approximate surface area is 165 Å². The van der Waals surface area contributed by atoms with E-state index in [9.17, 15) is 18.0 Å². The molecule has 1 aromatic heterocycles. The lowest BCUT2D eigenvalue weighted by Crippen LogP contribution is -2.31. The van der Waals surface area contributed by atoms with Crippen molar-refractivity contribution in [3.05, 3.63) is 35.0 Å². The van der Waals surface area contributed by atoms with E-state index >= 15 is 0 Å². The van der Waals surface area contributed by atoms with Crippen molar-refractivity contribution in [1.29, 1.82) is 0 Å². The number of nitrogens with one attached hydrogen (secondary N) is 1. The van der Waals surface area contributed by atoms with Gasteiger partial charge in [0.15, 0.2) is 14.5 Å². The zero-order chi connectivity index (χ0) is 20.4. The molecule has 0 spiro atoms. The smallest absolute Gasteiger partial charge is 0.337 e. The number of halogens is 1. The van der Waals surface area contributed by atoms with Crippen LogP contribution in [0.25, 0.3) is 0 Å². The molecule has 1 heterocycles. The Kier molecular flexibility index (Phi) is 6.42. The molecule has 0 aliphatic carbocycles. The zero-order valence-electron chi connectivity index (χ0n) is 14.9. The summed E-state index contributed by atoms with van der Waals surface area (Å²) in [6, 6.07) is 5.52. The van der Waals surface area contributed by atoms with Crippen molar-refractivity contribution < 1.29 is 22.7 Å². The fourth-order valence-electron chi connectivity index (χ4n) is 1.85. The Morgan fingerprint density at radius 1 is 1.19 bits per heavy atom. The Hall–Kier alpha value is -2.21. The van der Waals surface area contributed by atoms with Gasteiger partial charge in [-0.3, -0.25) is 4.90 Å². The van der Waals surface area contributed by atoms with Crippen LogP contribution in [0.4, 0.5) is 15.6 Å². The maximum absolute atomic E-state index is 12.4. The molecule has 1 aromatic carbocycles. The number of methoxy groups -OCH3 is 1. The maximum atomic E-state index is 12.4. The average Bonchev–Trinajstić information content (AvgIpc) is 3.03. The quantitative estimate of drug-likeness (QED) is 0.727. The molecule has 0 saturated heterocycles. The van der Waals surface area contributed by atoms with Gasteiger partial charge in [0.25, 0.3) is 10.0 Å². The number of carbonyl (C=O) groups excluding carboxylic acids is 2. The van der Waals surface area contributed by atoms with Crippen molar-refractivity contribution in [2.75, 3.05) is 38.5 Å². The summed E-state index contributed by atoms with van der Waals surface area (Å²) in [5.41, 5.74) is 0.775. The molecule has 2 aromatic rings. The van der Waals surface area contributed by atoms with Gasteiger partial charge in [-0.15, -0.1) is 0 Å². The molecular formula is C15H17ClN4O5S2. The third kappa shape index (κ3) is 4.56. The van der Waals surface area contributed by atoms with Gasteiger partial charge in [0, 0.05) is 26.8 Å². The number of amides is 2. The SMILES string of the molecule is COC(=O)c1ccc(NC(=O)N(C)c2nc(Cl)c(S(=O)(=O)N(C)C)s2)cc1. The van der Waals surface area contributed by atoms with Gasteiger partial charge in [-0.25, -0.2) is 27.3 Å². The summed E-state index contributed by atoms with van der Waals surface area (Å²) in [4.78, 5) is 28.9. The number of aromatic nitrogens is 1. The second-order valence-corrected chi connectivity index (χ2v) is 9.10. The number of sulfonamides is 1. The molecule has 12 heteroatoms. The van der Waals surface area contributed by atoms with Gasteiger partial charge in [-0.05, 0) is 24.3 Å². The number of carbonyl (C=O) groups is 2. The van der Waals surface area contributed by atoms with Crippen LogP contribution in [0.1, 0.15) is 10.4 Å². The molecule has 0 bridgehead atoms. The van der Waals surface area contributed by atoms with Crippen LogP contribution in [0, 0.1) is 0 Å². The molecular weight excluding hydrogens is 416 g/mol. The number of ether oxygens (including phenoxy) is 1. The van der Waals surface area contributed by atoms with E-state index in [1.807, 2.05) is 0 Å². The lowest BCUT2D eigenvalue weighted by atomic mass is 10.2. The highest BCUT2D eigenvalue weighted by atomic mass is 35.5. The summed E-state index contributed by atoms with van der Waals surface area (Å²) in [5.74, 6) is -0.489. The molecule has 0 fully saturated rings. The number of hydrogen-bond donors (Lipinski definition) is 1. The Balaban J connectivity index is 2.17. The molecule has 0 atom stereocenters. The molecule has 0 aliphatic rings. The van der Waals surface area contributed by atoms with Crippen molar-refractivity contribution in [3.63, 3.8) is 0 Å². The van der Waals surface area contributed by atoms with Crippen LogP contribution in [-0.2, 0) is 14.8 Å². The Bertz CT molecular complexity index is 957. The number of esters is 1. The van der Waals surface area contributed by atoms with Crippen LogP contribution in [0.2, 0.25) is 5.15 Å². The number of anilines is 2. The number of hydrogen-bond acceptors (Lipinski definition) is 7. The largest absolute Gasteiger partial charge is 0.465 e. The van der Waals surface area contributed by atoms with E-state index in [4.69, 9.17) is 11.6 Å². The highest BCUT2D eigenvalue weighted by Crippen LogP contribution is 2.34. The van der Waals surface area contributed by atoms with Crippen LogP contribution in [-0.4, -0.2) is 58.0 Å². The van der Waals surface area contributed by atoms with E-state index in [0.717, 1.165) is 20.5 Å². The maximum Gasteiger partial charge on any atom is 0.337 e. The summed E-state index contributed by atoms with van der Waals surface area (Å²) in [5, 5.41) is 2.53. The molecule has 0 unspecified atom stereocenters. The van der Waals surface area contributed by atoms with E-state index in [0.29, 0.717) is 11.3 Å². The Morgan fingerprint density at radius 3 is 2.30 bits per heavy atom. The van der Waals surface area contributed by atoms with Crippen molar-refractivity contribution in [2.45, 2.75) is 4.21 Å². The van der Waals surface area contributed by atoms with Gasteiger partial charge >= 0.3 is 12.0 Å². The fourth-order valence-corrected chi connectivity index (χ4v) is 4.72. The third-order valence-electron chi connectivity index (χ3n) is 3.41. The number of nitrogens with zero attached hydrogens (tertiary/aromatic N) is 3. The average molecular weight is 433 g/mol. The zero-order valence-corrected chi connectivity index (χ0v) is 17.3. The first-order valence-electron chi connectivity index (χ1n) is 7.40. The summed E-state index contributed by atoms with van der Waals surface area (Å²) in [6.07, 6.45) is 0. The molecule has 0 radical (unpaired) electrons. The van der Waals surface area contributed by atoms with Gasteiger partial charge < -0.3 is 10.1 Å². The number of benzene rings is 1. The molecule has 2 amide bonds. The summed E-state index contributed by atoms with van der Waals surface area (Å²) >= 11 is 6.72. The number of thiazole rings is 1. The van der Waals surface area contributed by atoms with Crippen LogP contribution >= 0.6 is 22.9 Å². The minimum absolute atomic E-state index is 0.115. The molecule has 2 rings (SSSR count). The van der Waals surface area contributed by atoms with E-state index in [2.05, 4.69) is 15.0 Å². The first-order chi connectivity index (χ1) is 12.6. The minimum Gasteiger partial charge on any atom is -0.465 e. The van der Waals surface area contributed by atoms with Crippen molar-refractivity contribution >= 4 is 55.8 Å². The van der Waals surface area contributed by atoms with E-state index < -0.39 is 22.0 Å². The lowest BCUT2D eigenvalue weighted by molar-refractivity contribution is 0.0600. The molecule has 0 aliphatic heterocycles. The fraction of sp³-hybridized carbons (Fsp3) is 0.267. The third-order valence-corrected chi connectivity index (χ3v) is 7.34. The first-order valence-corrected chi connectivity index (χ1v) is 10.0. The molecule has 1 N–H and O–H groups in total. The summed E-state index contributed by atoms with van der Waals surface area (Å²) in [6.45, 7) is 0. The van der Waals surface area contributed by atoms with E-state index in [-0.39, 0.29) is 14.5 Å². The van der Waals surface area contributed by atoms with Gasteiger partial charge in [0.1, 0.15) is 0 Å². The van der Waals surface area contributed by atoms with Crippen molar-refractivity contribution in [3.8, 4) is 0 Å². The molecule has 146 valence electrons. The molecule has 27 heavy (non-hydrogen) atoms. The van der Waals surface area contributed by atoms with Gasteiger partial charge in [0.05, 0.1) is 12.7 Å². The molecule has 0 saturated carbocycles. The predicted octanol–water partition coefficient (Wildman–Crippen LogP) is 2.50. The number of rotatable bonds is 5. The first kappa shape index (κ1) is 21.1. The summed E-state index contributed by atoms with van der Waals surface area (Å²) in [7, 11) is 1.69.